The maximum atomic E-state index is 13.3. The molecule has 1 unspecified atom stereocenters. The molecule has 0 fully saturated rings. The SMILES string of the molecule is CC.CC.CCC(C)N.CCCNC.O=Cc1[nH]ncc1NC(=O)c1c(F)cccc1F. The molecule has 1 aromatic carbocycles. The minimum absolute atomic E-state index is 0.0140. The fraction of sp³-hybridized carbons (Fsp3) is 0.522. The van der Waals surface area contributed by atoms with Gasteiger partial charge in [0.2, 0.25) is 0 Å². The molecular formula is C23H41F2N5O2. The smallest absolute Gasteiger partial charge is 0.261 e. The van der Waals surface area contributed by atoms with Gasteiger partial charge in [-0.1, -0.05) is 47.6 Å². The van der Waals surface area contributed by atoms with E-state index in [1.165, 1.54) is 12.6 Å². The Bertz CT molecular complexity index is 700. The molecule has 0 bridgehead atoms. The van der Waals surface area contributed by atoms with Crippen LogP contribution in [0.15, 0.2) is 24.4 Å². The number of anilines is 1. The highest BCUT2D eigenvalue weighted by Gasteiger charge is 2.18. The third kappa shape index (κ3) is 15.2. The van der Waals surface area contributed by atoms with Gasteiger partial charge < -0.3 is 16.4 Å². The zero-order valence-corrected chi connectivity index (χ0v) is 20.7. The molecule has 0 saturated heterocycles. The average molecular weight is 458 g/mol. The van der Waals surface area contributed by atoms with Crippen molar-refractivity contribution >= 4 is 17.9 Å². The third-order valence-electron chi connectivity index (χ3n) is 3.37. The third-order valence-corrected chi connectivity index (χ3v) is 3.37. The highest BCUT2D eigenvalue weighted by molar-refractivity contribution is 6.06. The summed E-state index contributed by atoms with van der Waals surface area (Å²) in [7, 11) is 1.96. The zero-order chi connectivity index (χ0) is 25.5. The summed E-state index contributed by atoms with van der Waals surface area (Å²) in [6, 6.07) is 3.47. The van der Waals surface area contributed by atoms with Crippen molar-refractivity contribution in [2.45, 2.75) is 67.3 Å². The highest BCUT2D eigenvalue weighted by Crippen LogP contribution is 2.16. The summed E-state index contributed by atoms with van der Waals surface area (Å²) >= 11 is 0. The maximum absolute atomic E-state index is 13.3. The summed E-state index contributed by atoms with van der Waals surface area (Å²) in [4.78, 5) is 22.2. The molecule has 9 heteroatoms. The molecule has 0 saturated carbocycles. The largest absolute Gasteiger partial charge is 0.328 e. The summed E-state index contributed by atoms with van der Waals surface area (Å²) in [6.45, 7) is 15.4. The summed E-state index contributed by atoms with van der Waals surface area (Å²) < 4.78 is 26.6. The summed E-state index contributed by atoms with van der Waals surface area (Å²) in [6.07, 6.45) is 3.91. The quantitative estimate of drug-likeness (QED) is 0.447. The van der Waals surface area contributed by atoms with Gasteiger partial charge in [-0.3, -0.25) is 14.7 Å². The maximum Gasteiger partial charge on any atom is 0.261 e. The van der Waals surface area contributed by atoms with Crippen LogP contribution in [0.1, 0.15) is 82.2 Å². The monoisotopic (exact) mass is 457 g/mol. The van der Waals surface area contributed by atoms with E-state index in [4.69, 9.17) is 5.73 Å². The van der Waals surface area contributed by atoms with Crippen LogP contribution in [-0.2, 0) is 0 Å². The van der Waals surface area contributed by atoms with Crippen molar-refractivity contribution in [3.63, 3.8) is 0 Å². The van der Waals surface area contributed by atoms with Crippen molar-refractivity contribution in [2.75, 3.05) is 18.9 Å². The second kappa shape index (κ2) is 23.0. The lowest BCUT2D eigenvalue weighted by molar-refractivity contribution is 0.101. The van der Waals surface area contributed by atoms with E-state index in [1.807, 2.05) is 41.7 Å². The van der Waals surface area contributed by atoms with Gasteiger partial charge in [0.05, 0.1) is 11.9 Å². The number of nitrogens with one attached hydrogen (secondary N) is 3. The lowest BCUT2D eigenvalue weighted by atomic mass is 10.2. The second-order valence-electron chi connectivity index (χ2n) is 5.86. The summed E-state index contributed by atoms with van der Waals surface area (Å²) in [5, 5.41) is 11.1. The van der Waals surface area contributed by atoms with Gasteiger partial charge in [-0.15, -0.1) is 0 Å². The number of hydrogen-bond donors (Lipinski definition) is 4. The van der Waals surface area contributed by atoms with E-state index in [2.05, 4.69) is 34.7 Å². The van der Waals surface area contributed by atoms with E-state index in [9.17, 15) is 18.4 Å². The number of carbonyl (C=O) groups excluding carboxylic acids is 2. The topological polar surface area (TPSA) is 113 Å². The van der Waals surface area contributed by atoms with E-state index in [0.717, 1.165) is 31.2 Å². The van der Waals surface area contributed by atoms with Gasteiger partial charge in [0, 0.05) is 6.04 Å². The van der Waals surface area contributed by atoms with E-state index in [-0.39, 0.29) is 11.4 Å². The Morgan fingerprint density at radius 2 is 1.69 bits per heavy atom. The standard InChI is InChI=1S/C11H7F2N3O2.2C4H11N.2C2H6/c12-6-2-1-3-7(13)10(6)11(18)15-8-4-14-16-9(8)5-17;1-3-4-5-2;1-3-4(2)5;2*1-2/h1-5H,(H,14,16)(H,15,18);5H,3-4H2,1-2H3;4H,3,5H2,1-2H3;2*1-2H3. The molecule has 0 aliphatic rings. The van der Waals surface area contributed by atoms with Crippen LogP contribution in [0.2, 0.25) is 0 Å². The normalized spacial score (nSPS) is 9.72. The lowest BCUT2D eigenvalue weighted by Crippen LogP contribution is -2.16. The van der Waals surface area contributed by atoms with E-state index in [1.54, 1.807) is 0 Å². The van der Waals surface area contributed by atoms with Crippen LogP contribution in [0, 0.1) is 11.6 Å². The van der Waals surface area contributed by atoms with Crippen LogP contribution in [-0.4, -0.2) is 42.0 Å². The first-order valence-electron chi connectivity index (χ1n) is 11.0. The molecule has 5 N–H and O–H groups in total. The van der Waals surface area contributed by atoms with Crippen molar-refractivity contribution < 1.29 is 18.4 Å². The Morgan fingerprint density at radius 1 is 1.19 bits per heavy atom. The Morgan fingerprint density at radius 3 is 2.03 bits per heavy atom. The van der Waals surface area contributed by atoms with Crippen molar-refractivity contribution in [1.29, 1.82) is 0 Å². The molecule has 1 aromatic heterocycles. The Labute approximate surface area is 191 Å². The number of aldehydes is 1. The van der Waals surface area contributed by atoms with Gasteiger partial charge in [-0.05, 0) is 45.5 Å². The van der Waals surface area contributed by atoms with Gasteiger partial charge in [-0.25, -0.2) is 8.78 Å². The molecule has 0 radical (unpaired) electrons. The number of rotatable bonds is 6. The molecule has 0 aliphatic heterocycles. The molecule has 184 valence electrons. The number of amides is 1. The number of hydrogen-bond acceptors (Lipinski definition) is 5. The average Bonchev–Trinajstić information content (AvgIpc) is 3.25. The molecule has 2 rings (SSSR count). The number of aromatic nitrogens is 2. The van der Waals surface area contributed by atoms with Crippen molar-refractivity contribution in [3.8, 4) is 0 Å². The number of aromatic amines is 1. The van der Waals surface area contributed by atoms with Gasteiger partial charge in [0.25, 0.3) is 5.91 Å². The fourth-order valence-corrected chi connectivity index (χ4v) is 1.64. The number of halogens is 2. The van der Waals surface area contributed by atoms with E-state index in [0.29, 0.717) is 12.3 Å². The van der Waals surface area contributed by atoms with Crippen molar-refractivity contribution in [3.05, 3.63) is 47.3 Å². The van der Waals surface area contributed by atoms with Gasteiger partial charge in [0.15, 0.2) is 6.29 Å². The van der Waals surface area contributed by atoms with Crippen LogP contribution in [0.3, 0.4) is 0 Å². The Kier molecular flexibility index (Phi) is 24.4. The Balaban J connectivity index is -0.000000499. The number of H-pyrrole nitrogens is 1. The van der Waals surface area contributed by atoms with Gasteiger partial charge in [0.1, 0.15) is 22.9 Å². The zero-order valence-electron chi connectivity index (χ0n) is 20.7. The number of carbonyl (C=O) groups is 2. The lowest BCUT2D eigenvalue weighted by Gasteiger charge is -2.05. The van der Waals surface area contributed by atoms with E-state index < -0.39 is 23.1 Å². The summed E-state index contributed by atoms with van der Waals surface area (Å²) in [5.41, 5.74) is 4.65. The summed E-state index contributed by atoms with van der Waals surface area (Å²) in [5.74, 6) is -2.96. The fourth-order valence-electron chi connectivity index (χ4n) is 1.64. The predicted molar refractivity (Wildman–Crippen MR) is 129 cm³/mol. The molecule has 0 spiro atoms. The van der Waals surface area contributed by atoms with Gasteiger partial charge >= 0.3 is 0 Å². The molecule has 32 heavy (non-hydrogen) atoms. The number of nitrogens with two attached hydrogens (primary N) is 1. The molecule has 1 atom stereocenters. The second-order valence-corrected chi connectivity index (χ2v) is 5.86. The first-order chi connectivity index (χ1) is 15.3. The van der Waals surface area contributed by atoms with Crippen LogP contribution in [0.5, 0.6) is 0 Å². The number of nitrogens with zero attached hydrogens (tertiary/aromatic N) is 1. The van der Waals surface area contributed by atoms with Crippen molar-refractivity contribution in [2.24, 2.45) is 5.73 Å². The van der Waals surface area contributed by atoms with Gasteiger partial charge in [-0.2, -0.15) is 5.10 Å². The first kappa shape index (κ1) is 34.0. The molecule has 1 heterocycles. The molecular weight excluding hydrogens is 416 g/mol. The minimum atomic E-state index is -0.991. The van der Waals surface area contributed by atoms with Crippen LogP contribution in [0.25, 0.3) is 0 Å². The van der Waals surface area contributed by atoms with Crippen LogP contribution in [0.4, 0.5) is 14.5 Å². The molecule has 0 aliphatic carbocycles. The van der Waals surface area contributed by atoms with Crippen LogP contribution < -0.4 is 16.4 Å². The van der Waals surface area contributed by atoms with Crippen molar-refractivity contribution in [1.82, 2.24) is 15.5 Å². The minimum Gasteiger partial charge on any atom is -0.328 e. The highest BCUT2D eigenvalue weighted by atomic mass is 19.1. The Hall–Kier alpha value is -2.65. The van der Waals surface area contributed by atoms with Crippen LogP contribution >= 0.6 is 0 Å². The predicted octanol–water partition coefficient (Wildman–Crippen LogP) is 5.16. The molecule has 2 aromatic rings. The number of benzene rings is 1. The first-order valence-corrected chi connectivity index (χ1v) is 11.0. The molecule has 7 nitrogen and oxygen atoms in total. The van der Waals surface area contributed by atoms with E-state index >= 15 is 0 Å². The molecule has 1 amide bonds.